The van der Waals surface area contributed by atoms with Crippen LogP contribution < -0.4 is 10.1 Å². The first-order chi connectivity index (χ1) is 8.74. The molecule has 1 atom stereocenters. The van der Waals surface area contributed by atoms with Gasteiger partial charge in [-0.1, -0.05) is 6.42 Å². The topological polar surface area (TPSA) is 47.0 Å². The molecule has 1 N–H and O–H groups in total. The molecular weight excluding hydrogens is 226 g/mol. The SMILES string of the molecule is Cc1cc(C)nc(OCCC[C@H]2CCCCN2)n1. The van der Waals surface area contributed by atoms with Gasteiger partial charge in [-0.2, -0.15) is 0 Å². The van der Waals surface area contributed by atoms with Crippen LogP contribution in [0.5, 0.6) is 6.01 Å². The third kappa shape index (κ3) is 4.26. The molecule has 2 heterocycles. The van der Waals surface area contributed by atoms with Crippen LogP contribution in [0.2, 0.25) is 0 Å². The van der Waals surface area contributed by atoms with Gasteiger partial charge in [0.2, 0.25) is 0 Å². The van der Waals surface area contributed by atoms with Crippen LogP contribution in [0.1, 0.15) is 43.5 Å². The van der Waals surface area contributed by atoms with Gasteiger partial charge < -0.3 is 10.1 Å². The first-order valence-electron chi connectivity index (χ1n) is 6.92. The van der Waals surface area contributed by atoms with Gasteiger partial charge in [-0.3, -0.25) is 0 Å². The summed E-state index contributed by atoms with van der Waals surface area (Å²) in [6.45, 7) is 5.81. The van der Waals surface area contributed by atoms with Crippen LogP contribution in [0.3, 0.4) is 0 Å². The monoisotopic (exact) mass is 249 g/mol. The van der Waals surface area contributed by atoms with E-state index in [2.05, 4.69) is 15.3 Å². The number of hydrogen-bond acceptors (Lipinski definition) is 4. The van der Waals surface area contributed by atoms with E-state index in [1.54, 1.807) is 0 Å². The number of rotatable bonds is 5. The quantitative estimate of drug-likeness (QED) is 0.814. The molecule has 0 unspecified atom stereocenters. The first kappa shape index (κ1) is 13.3. The molecule has 2 rings (SSSR count). The maximum atomic E-state index is 5.61. The Morgan fingerprint density at radius 2 is 2.06 bits per heavy atom. The van der Waals surface area contributed by atoms with Gasteiger partial charge in [0.15, 0.2) is 0 Å². The summed E-state index contributed by atoms with van der Waals surface area (Å²) in [5.41, 5.74) is 1.93. The van der Waals surface area contributed by atoms with Crippen molar-refractivity contribution in [1.82, 2.24) is 15.3 Å². The van der Waals surface area contributed by atoms with Crippen molar-refractivity contribution >= 4 is 0 Å². The van der Waals surface area contributed by atoms with E-state index in [-0.39, 0.29) is 0 Å². The summed E-state index contributed by atoms with van der Waals surface area (Å²) in [5, 5.41) is 3.55. The molecule has 100 valence electrons. The lowest BCUT2D eigenvalue weighted by Crippen LogP contribution is -2.34. The van der Waals surface area contributed by atoms with Gasteiger partial charge in [0.05, 0.1) is 6.61 Å². The zero-order chi connectivity index (χ0) is 12.8. The average Bonchev–Trinajstić information content (AvgIpc) is 2.35. The van der Waals surface area contributed by atoms with E-state index in [4.69, 9.17) is 4.74 Å². The molecule has 18 heavy (non-hydrogen) atoms. The van der Waals surface area contributed by atoms with E-state index < -0.39 is 0 Å². The number of piperidine rings is 1. The van der Waals surface area contributed by atoms with Crippen LogP contribution in [-0.2, 0) is 0 Å². The van der Waals surface area contributed by atoms with Gasteiger partial charge in [-0.25, -0.2) is 9.97 Å². The summed E-state index contributed by atoms with van der Waals surface area (Å²) in [6, 6.07) is 3.16. The molecule has 0 radical (unpaired) electrons. The number of aromatic nitrogens is 2. The fourth-order valence-electron chi connectivity index (χ4n) is 2.42. The Kier molecular flexibility index (Phi) is 4.93. The standard InChI is InChI=1S/C14H23N3O/c1-11-10-12(2)17-14(16-11)18-9-5-7-13-6-3-4-8-15-13/h10,13,15H,3-9H2,1-2H3/t13-/m1/s1. The second kappa shape index (κ2) is 6.69. The van der Waals surface area contributed by atoms with E-state index in [1.807, 2.05) is 19.9 Å². The van der Waals surface area contributed by atoms with Crippen LogP contribution in [0.4, 0.5) is 0 Å². The summed E-state index contributed by atoms with van der Waals surface area (Å²) in [7, 11) is 0. The lowest BCUT2D eigenvalue weighted by Gasteiger charge is -2.23. The predicted octanol–water partition coefficient (Wildman–Crippen LogP) is 2.39. The highest BCUT2D eigenvalue weighted by atomic mass is 16.5. The first-order valence-corrected chi connectivity index (χ1v) is 6.92. The van der Waals surface area contributed by atoms with Crippen LogP contribution in [0, 0.1) is 13.8 Å². The maximum absolute atomic E-state index is 5.61. The molecule has 1 aromatic heterocycles. The van der Waals surface area contributed by atoms with Gasteiger partial charge in [0.1, 0.15) is 0 Å². The Balaban J connectivity index is 1.68. The third-order valence-corrected chi connectivity index (χ3v) is 3.30. The molecule has 1 aliphatic rings. The highest BCUT2D eigenvalue weighted by molar-refractivity contribution is 5.10. The molecular formula is C14H23N3O. The van der Waals surface area contributed by atoms with E-state index in [0.29, 0.717) is 18.7 Å². The Bertz CT molecular complexity index is 355. The van der Waals surface area contributed by atoms with Crippen molar-refractivity contribution < 1.29 is 4.74 Å². The van der Waals surface area contributed by atoms with Crippen LogP contribution in [0.15, 0.2) is 6.07 Å². The number of nitrogens with zero attached hydrogens (tertiary/aromatic N) is 2. The summed E-state index contributed by atoms with van der Waals surface area (Å²) in [4.78, 5) is 8.54. The van der Waals surface area contributed by atoms with Crippen molar-refractivity contribution in [2.45, 2.75) is 52.0 Å². The molecule has 1 saturated heterocycles. The number of hydrogen-bond donors (Lipinski definition) is 1. The fourth-order valence-corrected chi connectivity index (χ4v) is 2.42. The van der Waals surface area contributed by atoms with E-state index in [1.165, 1.54) is 32.2 Å². The molecule has 0 saturated carbocycles. The summed E-state index contributed by atoms with van der Waals surface area (Å²) in [5.74, 6) is 0. The molecule has 1 fully saturated rings. The van der Waals surface area contributed by atoms with E-state index >= 15 is 0 Å². The van der Waals surface area contributed by atoms with E-state index in [9.17, 15) is 0 Å². The van der Waals surface area contributed by atoms with Crippen LogP contribution in [-0.4, -0.2) is 29.2 Å². The predicted molar refractivity (Wildman–Crippen MR) is 71.9 cm³/mol. The van der Waals surface area contributed by atoms with Crippen LogP contribution in [0.25, 0.3) is 0 Å². The molecule has 4 nitrogen and oxygen atoms in total. The minimum absolute atomic E-state index is 0.518. The molecule has 0 aromatic carbocycles. The van der Waals surface area contributed by atoms with Gasteiger partial charge >= 0.3 is 6.01 Å². The van der Waals surface area contributed by atoms with Crippen molar-refractivity contribution in [1.29, 1.82) is 0 Å². The summed E-state index contributed by atoms with van der Waals surface area (Å²) >= 11 is 0. The third-order valence-electron chi connectivity index (χ3n) is 3.30. The maximum Gasteiger partial charge on any atom is 0.316 e. The molecule has 4 heteroatoms. The van der Waals surface area contributed by atoms with Crippen molar-refractivity contribution in [3.05, 3.63) is 17.5 Å². The largest absolute Gasteiger partial charge is 0.463 e. The number of aryl methyl sites for hydroxylation is 2. The Hall–Kier alpha value is -1.16. The van der Waals surface area contributed by atoms with Crippen molar-refractivity contribution in [3.63, 3.8) is 0 Å². The molecule has 1 aromatic rings. The van der Waals surface area contributed by atoms with Crippen LogP contribution >= 0.6 is 0 Å². The number of nitrogens with one attached hydrogen (secondary N) is 1. The second-order valence-electron chi connectivity index (χ2n) is 5.07. The lowest BCUT2D eigenvalue weighted by molar-refractivity contribution is 0.266. The smallest absolute Gasteiger partial charge is 0.316 e. The minimum atomic E-state index is 0.518. The van der Waals surface area contributed by atoms with Crippen molar-refractivity contribution in [2.24, 2.45) is 0 Å². The highest BCUT2D eigenvalue weighted by Gasteiger charge is 2.11. The lowest BCUT2D eigenvalue weighted by atomic mass is 10.0. The van der Waals surface area contributed by atoms with Gasteiger partial charge in [-0.15, -0.1) is 0 Å². The molecule has 0 amide bonds. The Labute approximate surface area is 109 Å². The summed E-state index contributed by atoms with van der Waals surface area (Å²) < 4.78 is 5.61. The number of ether oxygens (including phenoxy) is 1. The molecule has 1 aliphatic heterocycles. The highest BCUT2D eigenvalue weighted by Crippen LogP contribution is 2.12. The normalized spacial score (nSPS) is 19.8. The van der Waals surface area contributed by atoms with Gasteiger partial charge in [-0.05, 0) is 52.1 Å². The summed E-state index contributed by atoms with van der Waals surface area (Å²) in [6.07, 6.45) is 6.24. The van der Waals surface area contributed by atoms with Crippen molar-refractivity contribution in [2.75, 3.05) is 13.2 Å². The van der Waals surface area contributed by atoms with Gasteiger partial charge in [0, 0.05) is 17.4 Å². The zero-order valence-corrected chi connectivity index (χ0v) is 11.4. The molecule has 0 aliphatic carbocycles. The van der Waals surface area contributed by atoms with E-state index in [0.717, 1.165) is 17.8 Å². The Morgan fingerprint density at radius 1 is 1.28 bits per heavy atom. The van der Waals surface area contributed by atoms with Crippen molar-refractivity contribution in [3.8, 4) is 6.01 Å². The minimum Gasteiger partial charge on any atom is -0.463 e. The molecule has 0 spiro atoms. The second-order valence-corrected chi connectivity index (χ2v) is 5.07. The zero-order valence-electron chi connectivity index (χ0n) is 11.4. The fraction of sp³-hybridized carbons (Fsp3) is 0.714. The Morgan fingerprint density at radius 3 is 2.72 bits per heavy atom. The average molecular weight is 249 g/mol. The van der Waals surface area contributed by atoms with Gasteiger partial charge in [0.25, 0.3) is 0 Å². The molecule has 0 bridgehead atoms.